The van der Waals surface area contributed by atoms with E-state index in [0.29, 0.717) is 11.5 Å². The molecule has 0 aliphatic heterocycles. The molecule has 0 unspecified atom stereocenters. The lowest BCUT2D eigenvalue weighted by molar-refractivity contribution is 0.336. The van der Waals surface area contributed by atoms with Crippen LogP contribution >= 0.6 is 0 Å². The largest absolute Gasteiger partial charge is 0.508 e. The van der Waals surface area contributed by atoms with Crippen molar-refractivity contribution >= 4 is 0 Å². The predicted molar refractivity (Wildman–Crippen MR) is 92.3 cm³/mol. The highest BCUT2D eigenvalue weighted by Gasteiger charge is 2.58. The van der Waals surface area contributed by atoms with Crippen molar-refractivity contribution in [3.63, 3.8) is 0 Å². The van der Waals surface area contributed by atoms with Crippen molar-refractivity contribution in [3.8, 4) is 11.5 Å². The van der Waals surface area contributed by atoms with Gasteiger partial charge in [-0.3, -0.25) is 0 Å². The van der Waals surface area contributed by atoms with E-state index in [1.54, 1.807) is 12.1 Å². The predicted octanol–water partition coefficient (Wildman–Crippen LogP) is 4.75. The molecule has 120 valence electrons. The Morgan fingerprint density at radius 2 is 1.09 bits per heavy atom. The van der Waals surface area contributed by atoms with Crippen LogP contribution in [0, 0.1) is 0 Å². The molecule has 0 aromatic heterocycles. The monoisotopic (exact) mass is 308 g/mol. The van der Waals surface area contributed by atoms with Crippen LogP contribution in [-0.2, 0) is 16.2 Å². The summed E-state index contributed by atoms with van der Waals surface area (Å²) in [5.74, 6) is 0.722. The number of phenolic OH excluding ortho intramolecular Hbond substituents is 2. The van der Waals surface area contributed by atoms with E-state index in [-0.39, 0.29) is 16.2 Å². The number of rotatable bonds is 0. The highest BCUT2D eigenvalue weighted by atomic mass is 16.3. The Kier molecular flexibility index (Phi) is 2.61. The lowest BCUT2D eigenvalue weighted by Gasteiger charge is -2.31. The summed E-state index contributed by atoms with van der Waals surface area (Å²) in [7, 11) is 0. The highest BCUT2D eigenvalue weighted by Crippen LogP contribution is 2.65. The van der Waals surface area contributed by atoms with Crippen LogP contribution in [0.15, 0.2) is 36.4 Å². The third-order valence-electron chi connectivity index (χ3n) is 5.99. The van der Waals surface area contributed by atoms with Gasteiger partial charge in [0.25, 0.3) is 0 Å². The first kappa shape index (κ1) is 14.6. The van der Waals surface area contributed by atoms with Crippen LogP contribution in [0.25, 0.3) is 0 Å². The molecule has 0 radical (unpaired) electrons. The molecule has 0 atom stereocenters. The van der Waals surface area contributed by atoms with E-state index in [9.17, 15) is 10.2 Å². The summed E-state index contributed by atoms with van der Waals surface area (Å²) in [5, 5.41) is 21.4. The number of hydrogen-bond acceptors (Lipinski definition) is 2. The van der Waals surface area contributed by atoms with Gasteiger partial charge in [-0.25, -0.2) is 0 Å². The van der Waals surface area contributed by atoms with E-state index in [0.717, 1.165) is 24.0 Å². The van der Waals surface area contributed by atoms with Crippen LogP contribution in [0.2, 0.25) is 0 Å². The quantitative estimate of drug-likeness (QED) is 0.737. The Balaban J connectivity index is 2.11. The maximum absolute atomic E-state index is 10.7. The minimum Gasteiger partial charge on any atom is -0.508 e. The number of fused-ring (bicyclic) bond motifs is 4. The first-order valence-corrected chi connectivity index (χ1v) is 8.35. The van der Waals surface area contributed by atoms with Crippen LogP contribution in [0.1, 0.15) is 62.8 Å². The van der Waals surface area contributed by atoms with E-state index in [4.69, 9.17) is 0 Å². The standard InChI is InChI=1S/C21H24O2/c1-19(2)11-21(17-13(19)7-5-9-15(17)22)12-20(3,4)14-8-6-10-16(23)18(14)21/h5-10,22-23H,11-12H2,1-4H3. The zero-order valence-corrected chi connectivity index (χ0v) is 14.3. The molecule has 0 saturated heterocycles. The molecule has 23 heavy (non-hydrogen) atoms. The Morgan fingerprint density at radius 3 is 1.48 bits per heavy atom. The molecule has 2 aromatic carbocycles. The van der Waals surface area contributed by atoms with Gasteiger partial charge in [0, 0.05) is 16.5 Å². The van der Waals surface area contributed by atoms with Crippen LogP contribution in [0.4, 0.5) is 0 Å². The molecule has 0 bridgehead atoms. The molecule has 0 heterocycles. The van der Waals surface area contributed by atoms with Crippen LogP contribution in [0.5, 0.6) is 11.5 Å². The molecule has 2 aliphatic carbocycles. The van der Waals surface area contributed by atoms with Crippen molar-refractivity contribution < 1.29 is 10.2 Å². The van der Waals surface area contributed by atoms with Gasteiger partial charge in [-0.05, 0) is 46.9 Å². The van der Waals surface area contributed by atoms with E-state index < -0.39 is 0 Å². The molecule has 0 amide bonds. The number of hydrogen-bond donors (Lipinski definition) is 2. The van der Waals surface area contributed by atoms with Gasteiger partial charge in [-0.1, -0.05) is 52.0 Å². The average molecular weight is 308 g/mol. The van der Waals surface area contributed by atoms with Gasteiger partial charge in [-0.2, -0.15) is 0 Å². The maximum Gasteiger partial charge on any atom is 0.119 e. The highest BCUT2D eigenvalue weighted by molar-refractivity contribution is 5.66. The van der Waals surface area contributed by atoms with Gasteiger partial charge < -0.3 is 10.2 Å². The second-order valence-corrected chi connectivity index (χ2v) is 8.60. The lowest BCUT2D eigenvalue weighted by atomic mass is 9.72. The fourth-order valence-electron chi connectivity index (χ4n) is 5.45. The van der Waals surface area contributed by atoms with Crippen molar-refractivity contribution in [2.45, 2.75) is 56.8 Å². The van der Waals surface area contributed by atoms with Gasteiger partial charge in [0.05, 0.1) is 0 Å². The molecule has 4 rings (SSSR count). The summed E-state index contributed by atoms with van der Waals surface area (Å²) >= 11 is 0. The van der Waals surface area contributed by atoms with Gasteiger partial charge in [0.15, 0.2) is 0 Å². The van der Waals surface area contributed by atoms with E-state index in [2.05, 4.69) is 39.8 Å². The van der Waals surface area contributed by atoms with Crippen LogP contribution in [-0.4, -0.2) is 10.2 Å². The van der Waals surface area contributed by atoms with Crippen molar-refractivity contribution in [1.82, 2.24) is 0 Å². The van der Waals surface area contributed by atoms with E-state index >= 15 is 0 Å². The van der Waals surface area contributed by atoms with Crippen LogP contribution in [0.3, 0.4) is 0 Å². The Bertz CT molecular complexity index is 745. The minimum absolute atomic E-state index is 0.0198. The van der Waals surface area contributed by atoms with Crippen molar-refractivity contribution in [2.75, 3.05) is 0 Å². The molecule has 2 heteroatoms. The number of phenols is 2. The summed E-state index contributed by atoms with van der Waals surface area (Å²) in [6.07, 6.45) is 1.84. The lowest BCUT2D eigenvalue weighted by Crippen LogP contribution is -2.27. The third-order valence-corrected chi connectivity index (χ3v) is 5.99. The van der Waals surface area contributed by atoms with E-state index in [1.807, 2.05) is 12.1 Å². The zero-order valence-electron chi connectivity index (χ0n) is 14.3. The van der Waals surface area contributed by atoms with Crippen molar-refractivity contribution in [1.29, 1.82) is 0 Å². The molecule has 1 spiro atoms. The molecular weight excluding hydrogens is 284 g/mol. The SMILES string of the molecule is CC1(C)CC2(CC(C)(C)c3cccc(O)c32)c2c(O)cccc21. The third kappa shape index (κ3) is 1.69. The molecule has 0 fully saturated rings. The van der Waals surface area contributed by atoms with Gasteiger partial charge in [0.2, 0.25) is 0 Å². The average Bonchev–Trinajstić information content (AvgIpc) is 2.80. The Hall–Kier alpha value is -1.96. The molecule has 0 saturated carbocycles. The minimum atomic E-state index is -0.297. The van der Waals surface area contributed by atoms with E-state index in [1.165, 1.54) is 11.1 Å². The smallest absolute Gasteiger partial charge is 0.119 e. The second kappa shape index (κ2) is 4.11. The zero-order chi connectivity index (χ0) is 16.6. The topological polar surface area (TPSA) is 40.5 Å². The maximum atomic E-state index is 10.7. The fraction of sp³-hybridized carbons (Fsp3) is 0.429. The first-order chi connectivity index (χ1) is 10.7. The molecule has 2 aromatic rings. The summed E-state index contributed by atoms with van der Waals surface area (Å²) in [6.45, 7) is 8.96. The summed E-state index contributed by atoms with van der Waals surface area (Å²) in [5.41, 5.74) is 4.14. The summed E-state index contributed by atoms with van der Waals surface area (Å²) in [6, 6.07) is 11.7. The Morgan fingerprint density at radius 1 is 0.696 bits per heavy atom. The van der Waals surface area contributed by atoms with Crippen molar-refractivity contribution in [2.24, 2.45) is 0 Å². The molecular formula is C21H24O2. The van der Waals surface area contributed by atoms with Gasteiger partial charge in [-0.15, -0.1) is 0 Å². The number of aromatic hydroxyl groups is 2. The van der Waals surface area contributed by atoms with Gasteiger partial charge in [0.1, 0.15) is 11.5 Å². The normalized spacial score (nSPS) is 22.1. The van der Waals surface area contributed by atoms with Crippen LogP contribution < -0.4 is 0 Å². The fourth-order valence-corrected chi connectivity index (χ4v) is 5.45. The summed E-state index contributed by atoms with van der Waals surface area (Å²) in [4.78, 5) is 0. The molecule has 2 aliphatic rings. The first-order valence-electron chi connectivity index (χ1n) is 8.35. The van der Waals surface area contributed by atoms with Crippen molar-refractivity contribution in [3.05, 3.63) is 58.7 Å². The molecule has 2 N–H and O–H groups in total. The second-order valence-electron chi connectivity index (χ2n) is 8.60. The molecule has 2 nitrogen and oxygen atoms in total. The number of benzene rings is 2. The Labute approximate surface area is 137 Å². The van der Waals surface area contributed by atoms with Gasteiger partial charge >= 0.3 is 0 Å². The summed E-state index contributed by atoms with van der Waals surface area (Å²) < 4.78 is 0.